The second kappa shape index (κ2) is 7.95. The first-order chi connectivity index (χ1) is 13.3. The number of carbonyl (C=O) groups is 1. The molecule has 0 saturated carbocycles. The van der Waals surface area contributed by atoms with E-state index in [2.05, 4.69) is 14.9 Å². The zero-order valence-electron chi connectivity index (χ0n) is 14.9. The van der Waals surface area contributed by atoms with Gasteiger partial charge in [0.1, 0.15) is 12.4 Å². The molecule has 1 atom stereocenters. The number of imidazole rings is 1. The van der Waals surface area contributed by atoms with Crippen LogP contribution < -0.4 is 14.8 Å². The third kappa shape index (κ3) is 3.95. The fourth-order valence-electron chi connectivity index (χ4n) is 3.06. The molecule has 1 aliphatic heterocycles. The first-order valence-electron chi connectivity index (χ1n) is 9.04. The molecule has 0 fully saturated rings. The van der Waals surface area contributed by atoms with E-state index in [0.717, 1.165) is 24.4 Å². The summed E-state index contributed by atoms with van der Waals surface area (Å²) >= 11 is 0. The largest absolute Gasteiger partial charge is 0.485 e. The molecule has 0 spiro atoms. The van der Waals surface area contributed by atoms with E-state index in [9.17, 15) is 4.79 Å². The number of hydrogen-bond donors (Lipinski definition) is 1. The molecule has 0 radical (unpaired) electrons. The normalized spacial score (nSPS) is 15.3. The molecule has 1 aromatic heterocycles. The van der Waals surface area contributed by atoms with Crippen LogP contribution in [0, 0.1) is 0 Å². The third-order valence-electron chi connectivity index (χ3n) is 4.42. The van der Waals surface area contributed by atoms with Crippen molar-refractivity contribution >= 4 is 5.91 Å². The van der Waals surface area contributed by atoms with Crippen molar-refractivity contribution < 1.29 is 14.3 Å². The van der Waals surface area contributed by atoms with Crippen molar-refractivity contribution in [3.05, 3.63) is 67.0 Å². The van der Waals surface area contributed by atoms with Crippen LogP contribution in [0.4, 0.5) is 0 Å². The summed E-state index contributed by atoms with van der Waals surface area (Å²) < 4.78 is 13.4. The summed E-state index contributed by atoms with van der Waals surface area (Å²) in [5, 5.41) is 2.93. The molecular weight excluding hydrogens is 342 g/mol. The number of benzene rings is 2. The van der Waals surface area contributed by atoms with Crippen molar-refractivity contribution in [3.8, 4) is 22.9 Å². The van der Waals surface area contributed by atoms with Gasteiger partial charge in [0.2, 0.25) is 6.10 Å². The maximum absolute atomic E-state index is 12.3. The SMILES string of the molecule is O=C(NCCCn1ccnc1-c1ccccc1)C1COc2ccccc2O1. The van der Waals surface area contributed by atoms with Gasteiger partial charge in [0.25, 0.3) is 5.91 Å². The number of hydrogen-bond acceptors (Lipinski definition) is 4. The van der Waals surface area contributed by atoms with Gasteiger partial charge in [0.15, 0.2) is 11.5 Å². The number of aromatic nitrogens is 2. The Labute approximate surface area is 157 Å². The molecule has 4 rings (SSSR count). The van der Waals surface area contributed by atoms with Gasteiger partial charge in [-0.15, -0.1) is 0 Å². The lowest BCUT2D eigenvalue weighted by atomic mass is 10.2. The molecule has 2 heterocycles. The van der Waals surface area contributed by atoms with E-state index in [1.807, 2.05) is 54.7 Å². The van der Waals surface area contributed by atoms with E-state index in [0.29, 0.717) is 18.0 Å². The number of ether oxygens (including phenoxy) is 2. The van der Waals surface area contributed by atoms with Crippen LogP contribution in [0.1, 0.15) is 6.42 Å². The van der Waals surface area contributed by atoms with Gasteiger partial charge in [0.05, 0.1) is 0 Å². The van der Waals surface area contributed by atoms with Gasteiger partial charge in [0, 0.05) is 31.0 Å². The number of aryl methyl sites for hydroxylation is 1. The van der Waals surface area contributed by atoms with E-state index in [-0.39, 0.29) is 12.5 Å². The maximum atomic E-state index is 12.3. The Kier molecular flexibility index (Phi) is 5.05. The minimum atomic E-state index is -0.618. The fraction of sp³-hybridized carbons (Fsp3) is 0.238. The zero-order valence-corrected chi connectivity index (χ0v) is 14.9. The van der Waals surface area contributed by atoms with Crippen LogP contribution in [-0.4, -0.2) is 34.7 Å². The smallest absolute Gasteiger partial charge is 0.264 e. The molecule has 2 aromatic carbocycles. The van der Waals surface area contributed by atoms with Crippen molar-refractivity contribution in [2.75, 3.05) is 13.2 Å². The molecule has 0 saturated heterocycles. The minimum Gasteiger partial charge on any atom is -0.485 e. The molecule has 6 heteroatoms. The Hall–Kier alpha value is -3.28. The number of amides is 1. The summed E-state index contributed by atoms with van der Waals surface area (Å²) in [5.74, 6) is 2.06. The highest BCUT2D eigenvalue weighted by Crippen LogP contribution is 2.30. The quantitative estimate of drug-likeness (QED) is 0.684. The summed E-state index contributed by atoms with van der Waals surface area (Å²) in [6.07, 6.45) is 3.93. The molecule has 3 aromatic rings. The van der Waals surface area contributed by atoms with Crippen LogP contribution in [0.5, 0.6) is 11.5 Å². The van der Waals surface area contributed by atoms with Gasteiger partial charge >= 0.3 is 0 Å². The van der Waals surface area contributed by atoms with E-state index in [1.54, 1.807) is 12.3 Å². The van der Waals surface area contributed by atoms with Crippen LogP contribution in [0.25, 0.3) is 11.4 Å². The molecule has 1 amide bonds. The fourth-order valence-corrected chi connectivity index (χ4v) is 3.06. The lowest BCUT2D eigenvalue weighted by Gasteiger charge is -2.25. The average Bonchev–Trinajstić information content (AvgIpc) is 3.20. The van der Waals surface area contributed by atoms with Gasteiger partial charge in [-0.1, -0.05) is 42.5 Å². The first kappa shape index (κ1) is 17.1. The molecule has 6 nitrogen and oxygen atoms in total. The summed E-state index contributed by atoms with van der Waals surface area (Å²) in [7, 11) is 0. The van der Waals surface area contributed by atoms with Crippen molar-refractivity contribution in [1.29, 1.82) is 0 Å². The van der Waals surface area contributed by atoms with Crippen LogP contribution in [0.3, 0.4) is 0 Å². The molecule has 1 N–H and O–H groups in total. The van der Waals surface area contributed by atoms with Crippen LogP contribution in [0.2, 0.25) is 0 Å². The number of para-hydroxylation sites is 2. The number of fused-ring (bicyclic) bond motifs is 1. The summed E-state index contributed by atoms with van der Waals surface area (Å²) in [6, 6.07) is 17.4. The van der Waals surface area contributed by atoms with E-state index in [1.165, 1.54) is 0 Å². The van der Waals surface area contributed by atoms with Gasteiger partial charge in [-0.25, -0.2) is 4.98 Å². The highest BCUT2D eigenvalue weighted by atomic mass is 16.6. The lowest BCUT2D eigenvalue weighted by molar-refractivity contribution is -0.130. The zero-order chi connectivity index (χ0) is 18.5. The Balaban J connectivity index is 1.27. The topological polar surface area (TPSA) is 65.4 Å². The van der Waals surface area contributed by atoms with Crippen molar-refractivity contribution in [3.63, 3.8) is 0 Å². The molecule has 0 aliphatic carbocycles. The van der Waals surface area contributed by atoms with E-state index >= 15 is 0 Å². The van der Waals surface area contributed by atoms with Crippen LogP contribution in [-0.2, 0) is 11.3 Å². The average molecular weight is 363 g/mol. The monoisotopic (exact) mass is 363 g/mol. The van der Waals surface area contributed by atoms with Gasteiger partial charge < -0.3 is 19.4 Å². The van der Waals surface area contributed by atoms with E-state index < -0.39 is 6.10 Å². The second-order valence-electron chi connectivity index (χ2n) is 6.32. The Bertz CT molecular complexity index is 908. The molecule has 1 aliphatic rings. The minimum absolute atomic E-state index is 0.154. The predicted molar refractivity (Wildman–Crippen MR) is 102 cm³/mol. The lowest BCUT2D eigenvalue weighted by Crippen LogP contribution is -2.44. The van der Waals surface area contributed by atoms with Crippen LogP contribution >= 0.6 is 0 Å². The first-order valence-corrected chi connectivity index (χ1v) is 9.04. The molecule has 138 valence electrons. The Morgan fingerprint density at radius 2 is 1.89 bits per heavy atom. The standard InChI is InChI=1S/C21H21N3O3/c25-21(19-15-26-17-9-4-5-10-18(17)27-19)23-11-6-13-24-14-12-22-20(24)16-7-2-1-3-8-16/h1-5,7-10,12,14,19H,6,11,13,15H2,(H,23,25). The predicted octanol–water partition coefficient (Wildman–Crippen LogP) is 2.90. The maximum Gasteiger partial charge on any atom is 0.264 e. The van der Waals surface area contributed by atoms with Crippen molar-refractivity contribution in [2.45, 2.75) is 19.1 Å². The number of rotatable bonds is 6. The van der Waals surface area contributed by atoms with Gasteiger partial charge in [-0.3, -0.25) is 4.79 Å². The Morgan fingerprint density at radius 1 is 1.11 bits per heavy atom. The van der Waals surface area contributed by atoms with Crippen molar-refractivity contribution in [1.82, 2.24) is 14.9 Å². The summed E-state index contributed by atoms with van der Waals surface area (Å²) in [6.45, 7) is 1.56. The summed E-state index contributed by atoms with van der Waals surface area (Å²) in [4.78, 5) is 16.8. The number of carbonyl (C=O) groups excluding carboxylic acids is 1. The number of nitrogens with zero attached hydrogens (tertiary/aromatic N) is 2. The van der Waals surface area contributed by atoms with Gasteiger partial charge in [-0.2, -0.15) is 0 Å². The number of nitrogens with one attached hydrogen (secondary N) is 1. The van der Waals surface area contributed by atoms with Crippen molar-refractivity contribution in [2.24, 2.45) is 0 Å². The highest BCUT2D eigenvalue weighted by molar-refractivity contribution is 5.81. The molecule has 1 unspecified atom stereocenters. The van der Waals surface area contributed by atoms with Crippen LogP contribution in [0.15, 0.2) is 67.0 Å². The molecule has 27 heavy (non-hydrogen) atoms. The third-order valence-corrected chi connectivity index (χ3v) is 4.42. The Morgan fingerprint density at radius 3 is 2.74 bits per heavy atom. The van der Waals surface area contributed by atoms with E-state index in [4.69, 9.17) is 9.47 Å². The van der Waals surface area contributed by atoms with Gasteiger partial charge in [-0.05, 0) is 18.6 Å². The molecule has 0 bridgehead atoms. The second-order valence-corrected chi connectivity index (χ2v) is 6.32. The summed E-state index contributed by atoms with van der Waals surface area (Å²) in [5.41, 5.74) is 1.08. The highest BCUT2D eigenvalue weighted by Gasteiger charge is 2.26. The molecular formula is C21H21N3O3.